The first kappa shape index (κ1) is 21.2. The number of nitrogens with one attached hydrogen (secondary N) is 1. The van der Waals surface area contributed by atoms with Crippen molar-refractivity contribution in [3.63, 3.8) is 0 Å². The molecule has 1 N–H and O–H groups in total. The molecule has 0 spiro atoms. The van der Waals surface area contributed by atoms with Gasteiger partial charge in [0, 0.05) is 24.0 Å². The highest BCUT2D eigenvalue weighted by molar-refractivity contribution is 7.14. The lowest BCUT2D eigenvalue weighted by Gasteiger charge is -2.34. The fourth-order valence-electron chi connectivity index (χ4n) is 3.83. The van der Waals surface area contributed by atoms with Crippen LogP contribution in [0.15, 0.2) is 12.1 Å². The Labute approximate surface area is 172 Å². The molecule has 1 aliphatic carbocycles. The third kappa shape index (κ3) is 5.97. The Kier molecular flexibility index (Phi) is 6.69. The van der Waals surface area contributed by atoms with E-state index in [-0.39, 0.29) is 18.0 Å². The van der Waals surface area contributed by atoms with Crippen molar-refractivity contribution < 1.29 is 14.3 Å². The number of likely N-dealkylation sites (tertiary alicyclic amines) is 1. The topological polar surface area (TPSA) is 58.6 Å². The molecule has 28 heavy (non-hydrogen) atoms. The lowest BCUT2D eigenvalue weighted by molar-refractivity contribution is 0.0177. The van der Waals surface area contributed by atoms with Gasteiger partial charge in [0.2, 0.25) is 0 Å². The summed E-state index contributed by atoms with van der Waals surface area (Å²) in [5, 5.41) is 3.31. The number of ether oxygens (including phenoxy) is 1. The van der Waals surface area contributed by atoms with Crippen LogP contribution in [0, 0.1) is 11.8 Å². The smallest absolute Gasteiger partial charge is 0.410 e. The summed E-state index contributed by atoms with van der Waals surface area (Å²) in [6, 6.07) is 4.26. The van der Waals surface area contributed by atoms with Gasteiger partial charge in [0.1, 0.15) is 5.60 Å². The molecule has 0 radical (unpaired) electrons. The average molecular weight is 407 g/mol. The number of piperidine rings is 1. The van der Waals surface area contributed by atoms with Crippen LogP contribution in [0.3, 0.4) is 0 Å². The summed E-state index contributed by atoms with van der Waals surface area (Å²) in [6.45, 7) is 9.31. The molecule has 0 aromatic carbocycles. The number of hydrogen-bond acceptors (Lipinski definition) is 4. The van der Waals surface area contributed by atoms with Gasteiger partial charge in [0.15, 0.2) is 0 Å². The molecule has 1 saturated heterocycles. The van der Waals surface area contributed by atoms with E-state index in [1.807, 2.05) is 31.7 Å². The van der Waals surface area contributed by atoms with E-state index in [9.17, 15) is 9.59 Å². The molecule has 6 heteroatoms. The van der Waals surface area contributed by atoms with Crippen molar-refractivity contribution in [2.24, 2.45) is 11.8 Å². The highest BCUT2D eigenvalue weighted by atomic mass is 32.1. The number of carbonyl (C=O) groups is 2. The summed E-state index contributed by atoms with van der Waals surface area (Å²) in [5.41, 5.74) is -0.450. The second-order valence-electron chi connectivity index (χ2n) is 9.18. The van der Waals surface area contributed by atoms with Crippen LogP contribution in [0.4, 0.5) is 4.79 Å². The first-order valence-electron chi connectivity index (χ1n) is 10.6. The number of aryl methyl sites for hydroxylation is 1. The van der Waals surface area contributed by atoms with Gasteiger partial charge in [-0.3, -0.25) is 4.79 Å². The van der Waals surface area contributed by atoms with Crippen LogP contribution in [-0.2, 0) is 11.2 Å². The Morgan fingerprint density at radius 3 is 2.43 bits per heavy atom. The molecule has 2 aliphatic rings. The normalized spacial score (nSPS) is 19.4. The van der Waals surface area contributed by atoms with E-state index < -0.39 is 5.60 Å². The van der Waals surface area contributed by atoms with E-state index in [0.29, 0.717) is 11.8 Å². The van der Waals surface area contributed by atoms with Gasteiger partial charge in [0.25, 0.3) is 5.91 Å². The lowest BCUT2D eigenvalue weighted by atomic mass is 9.88. The van der Waals surface area contributed by atoms with Gasteiger partial charge in [0.05, 0.1) is 4.88 Å². The van der Waals surface area contributed by atoms with Crippen molar-refractivity contribution in [1.82, 2.24) is 10.2 Å². The summed E-state index contributed by atoms with van der Waals surface area (Å²) in [7, 11) is 0. The summed E-state index contributed by atoms with van der Waals surface area (Å²) >= 11 is 1.60. The molecule has 2 fully saturated rings. The van der Waals surface area contributed by atoms with Gasteiger partial charge >= 0.3 is 6.09 Å². The molecule has 1 unspecified atom stereocenters. The van der Waals surface area contributed by atoms with Gasteiger partial charge in [-0.15, -0.1) is 11.3 Å². The first-order chi connectivity index (χ1) is 13.2. The molecule has 3 rings (SSSR count). The average Bonchev–Trinajstić information content (AvgIpc) is 3.37. The number of nitrogens with zero attached hydrogens (tertiary/aromatic N) is 1. The van der Waals surface area contributed by atoms with Gasteiger partial charge in [-0.1, -0.05) is 6.92 Å². The summed E-state index contributed by atoms with van der Waals surface area (Å²) in [4.78, 5) is 28.8. The maximum absolute atomic E-state index is 12.7. The molecular weight excluding hydrogens is 372 g/mol. The highest BCUT2D eigenvalue weighted by Crippen LogP contribution is 2.37. The Hall–Kier alpha value is -1.56. The molecule has 1 aromatic heterocycles. The predicted octanol–water partition coefficient (Wildman–Crippen LogP) is 4.86. The molecule has 0 bridgehead atoms. The third-order valence-electron chi connectivity index (χ3n) is 5.59. The zero-order valence-electron chi connectivity index (χ0n) is 17.6. The second-order valence-corrected chi connectivity index (χ2v) is 10.4. The van der Waals surface area contributed by atoms with Crippen LogP contribution >= 0.6 is 11.3 Å². The van der Waals surface area contributed by atoms with E-state index in [4.69, 9.17) is 4.74 Å². The minimum Gasteiger partial charge on any atom is -0.444 e. The fraction of sp³-hybridized carbons (Fsp3) is 0.727. The number of thiophene rings is 1. The first-order valence-corrected chi connectivity index (χ1v) is 11.4. The molecule has 2 heterocycles. The van der Waals surface area contributed by atoms with Gasteiger partial charge in [-0.2, -0.15) is 0 Å². The molecular formula is C22H34N2O3S. The number of rotatable bonds is 6. The van der Waals surface area contributed by atoms with Gasteiger partial charge < -0.3 is 15.0 Å². The zero-order valence-corrected chi connectivity index (χ0v) is 18.4. The lowest BCUT2D eigenvalue weighted by Crippen LogP contribution is -2.43. The van der Waals surface area contributed by atoms with Crippen molar-refractivity contribution in [2.45, 2.75) is 77.9 Å². The summed E-state index contributed by atoms with van der Waals surface area (Å²) in [5.74, 6) is 1.25. The van der Waals surface area contributed by atoms with Crippen LogP contribution in [0.1, 0.15) is 74.3 Å². The van der Waals surface area contributed by atoms with Crippen molar-refractivity contribution in [2.75, 3.05) is 13.1 Å². The Balaban J connectivity index is 1.49. The maximum atomic E-state index is 12.7. The van der Waals surface area contributed by atoms with Crippen LogP contribution in [0.5, 0.6) is 0 Å². The molecule has 1 aromatic rings. The number of hydrogen-bond donors (Lipinski definition) is 1. The summed E-state index contributed by atoms with van der Waals surface area (Å²) < 4.78 is 5.49. The van der Waals surface area contributed by atoms with Crippen LogP contribution in [0.25, 0.3) is 0 Å². The number of carbonyl (C=O) groups excluding carboxylic acids is 2. The van der Waals surface area contributed by atoms with Crippen molar-refractivity contribution in [1.29, 1.82) is 0 Å². The Bertz CT molecular complexity index is 682. The van der Waals surface area contributed by atoms with Crippen LogP contribution in [-0.4, -0.2) is 41.6 Å². The van der Waals surface area contributed by atoms with Gasteiger partial charge in [-0.25, -0.2) is 4.79 Å². The van der Waals surface area contributed by atoms with Crippen LogP contribution in [0.2, 0.25) is 0 Å². The quantitative estimate of drug-likeness (QED) is 0.734. The monoisotopic (exact) mass is 406 g/mol. The molecule has 1 aliphatic heterocycles. The highest BCUT2D eigenvalue weighted by Gasteiger charge is 2.35. The third-order valence-corrected chi connectivity index (χ3v) is 6.82. The van der Waals surface area contributed by atoms with Gasteiger partial charge in [-0.05, 0) is 83.3 Å². The molecule has 5 nitrogen and oxygen atoms in total. The van der Waals surface area contributed by atoms with E-state index in [1.165, 1.54) is 17.7 Å². The van der Waals surface area contributed by atoms with Crippen LogP contribution < -0.4 is 5.32 Å². The Morgan fingerprint density at radius 1 is 1.21 bits per heavy atom. The molecule has 156 valence electrons. The van der Waals surface area contributed by atoms with Crippen molar-refractivity contribution in [3.8, 4) is 0 Å². The molecule has 1 saturated carbocycles. The largest absolute Gasteiger partial charge is 0.444 e. The fourth-order valence-corrected chi connectivity index (χ4v) is 4.68. The van der Waals surface area contributed by atoms with E-state index >= 15 is 0 Å². The standard InChI is InChI=1S/C22H34N2O3S/c1-5-17-8-9-19(28-17)20(25)23-18(16-6-7-16)14-15-10-12-24(13-11-15)21(26)27-22(2,3)4/h8-9,15-16,18H,5-7,10-14H2,1-4H3,(H,23,25). The Morgan fingerprint density at radius 2 is 1.89 bits per heavy atom. The van der Waals surface area contributed by atoms with E-state index in [2.05, 4.69) is 18.3 Å². The molecule has 2 amide bonds. The minimum atomic E-state index is -0.450. The number of amides is 2. The minimum absolute atomic E-state index is 0.0767. The van der Waals surface area contributed by atoms with E-state index in [1.54, 1.807) is 11.3 Å². The summed E-state index contributed by atoms with van der Waals surface area (Å²) in [6.07, 6.45) is 6.18. The maximum Gasteiger partial charge on any atom is 0.410 e. The van der Waals surface area contributed by atoms with E-state index in [0.717, 1.165) is 43.6 Å². The van der Waals surface area contributed by atoms with Crippen molar-refractivity contribution >= 4 is 23.3 Å². The van der Waals surface area contributed by atoms with Crippen molar-refractivity contribution in [3.05, 3.63) is 21.9 Å². The second kappa shape index (κ2) is 8.85. The molecule has 1 atom stereocenters. The predicted molar refractivity (Wildman–Crippen MR) is 113 cm³/mol. The zero-order chi connectivity index (χ0) is 20.3. The SMILES string of the molecule is CCc1ccc(C(=O)NC(CC2CCN(C(=O)OC(C)(C)C)CC2)C2CC2)s1.